The maximum Gasteiger partial charge on any atom is 0.220 e. The fourth-order valence-corrected chi connectivity index (χ4v) is 3.12. The highest BCUT2D eigenvalue weighted by Gasteiger charge is 2.47. The summed E-state index contributed by atoms with van der Waals surface area (Å²) < 4.78 is 0. The van der Waals surface area contributed by atoms with Crippen LogP contribution in [0.1, 0.15) is 34.1 Å². The van der Waals surface area contributed by atoms with E-state index in [1.54, 1.807) is 6.92 Å². The zero-order chi connectivity index (χ0) is 12.6. The number of nitrogens with zero attached hydrogens (tertiary/aromatic N) is 3. The molecular weight excluding hydrogens is 214 g/mol. The van der Waals surface area contributed by atoms with Gasteiger partial charge in [0.25, 0.3) is 0 Å². The number of rotatable bonds is 2. The molecule has 1 atom stereocenters. The summed E-state index contributed by atoms with van der Waals surface area (Å²) >= 11 is 0. The van der Waals surface area contributed by atoms with E-state index in [0.717, 1.165) is 39.3 Å². The first-order valence-electron chi connectivity index (χ1n) is 6.73. The van der Waals surface area contributed by atoms with E-state index in [0.29, 0.717) is 6.04 Å². The molecule has 17 heavy (non-hydrogen) atoms. The second-order valence-electron chi connectivity index (χ2n) is 5.76. The molecule has 0 N–H and O–H groups in total. The lowest BCUT2D eigenvalue weighted by Gasteiger charge is -2.47. The van der Waals surface area contributed by atoms with Gasteiger partial charge < -0.3 is 4.90 Å². The first-order valence-corrected chi connectivity index (χ1v) is 6.73. The van der Waals surface area contributed by atoms with Crippen LogP contribution in [0.5, 0.6) is 0 Å². The third-order valence-corrected chi connectivity index (χ3v) is 4.49. The molecule has 0 aliphatic carbocycles. The minimum atomic E-state index is 0.203. The SMILES string of the molecule is CCC12CN(C(C)=O)CN1CCN(C(C)C)C2. The van der Waals surface area contributed by atoms with Crippen LogP contribution in [0, 0.1) is 0 Å². The molecule has 0 aromatic heterocycles. The molecule has 2 saturated heterocycles. The van der Waals surface area contributed by atoms with Crippen molar-refractivity contribution in [3.63, 3.8) is 0 Å². The highest BCUT2D eigenvalue weighted by atomic mass is 16.2. The molecule has 0 radical (unpaired) electrons. The third-order valence-electron chi connectivity index (χ3n) is 4.49. The van der Waals surface area contributed by atoms with Gasteiger partial charge in [0.05, 0.1) is 12.2 Å². The summed E-state index contributed by atoms with van der Waals surface area (Å²) in [5.74, 6) is 0.211. The fourth-order valence-electron chi connectivity index (χ4n) is 3.12. The highest BCUT2D eigenvalue weighted by molar-refractivity contribution is 5.73. The van der Waals surface area contributed by atoms with E-state index in [-0.39, 0.29) is 11.4 Å². The Labute approximate surface area is 105 Å². The molecule has 0 bridgehead atoms. The minimum absolute atomic E-state index is 0.203. The van der Waals surface area contributed by atoms with Gasteiger partial charge in [0.15, 0.2) is 0 Å². The number of piperazine rings is 1. The summed E-state index contributed by atoms with van der Waals surface area (Å²) in [5.41, 5.74) is 0.203. The van der Waals surface area contributed by atoms with Gasteiger partial charge in [0.2, 0.25) is 5.91 Å². The van der Waals surface area contributed by atoms with Crippen LogP contribution < -0.4 is 0 Å². The topological polar surface area (TPSA) is 26.8 Å². The standard InChI is InChI=1S/C13H25N3O/c1-5-13-8-14(11(2)3)6-7-16(13)10-15(9-13)12(4)17/h11H,5-10H2,1-4H3. The fraction of sp³-hybridized carbons (Fsp3) is 0.923. The summed E-state index contributed by atoms with van der Waals surface area (Å²) in [6.45, 7) is 13.5. The average molecular weight is 239 g/mol. The van der Waals surface area contributed by atoms with Crippen molar-refractivity contribution >= 4 is 5.91 Å². The third kappa shape index (κ3) is 2.20. The maximum absolute atomic E-state index is 11.5. The molecule has 0 aromatic rings. The number of hydrogen-bond acceptors (Lipinski definition) is 3. The van der Waals surface area contributed by atoms with Crippen molar-refractivity contribution in [3.05, 3.63) is 0 Å². The predicted molar refractivity (Wildman–Crippen MR) is 68.7 cm³/mol. The van der Waals surface area contributed by atoms with Crippen molar-refractivity contribution in [1.29, 1.82) is 0 Å². The molecule has 2 aliphatic rings. The summed E-state index contributed by atoms with van der Waals surface area (Å²) in [6, 6.07) is 0.604. The van der Waals surface area contributed by atoms with Gasteiger partial charge >= 0.3 is 0 Å². The van der Waals surface area contributed by atoms with E-state index in [4.69, 9.17) is 0 Å². The maximum atomic E-state index is 11.5. The van der Waals surface area contributed by atoms with Gasteiger partial charge in [0, 0.05) is 39.1 Å². The van der Waals surface area contributed by atoms with Gasteiger partial charge in [-0.15, -0.1) is 0 Å². The van der Waals surface area contributed by atoms with Gasteiger partial charge in [-0.3, -0.25) is 14.6 Å². The lowest BCUT2D eigenvalue weighted by atomic mass is 9.91. The molecule has 4 heteroatoms. The summed E-state index contributed by atoms with van der Waals surface area (Å²) in [4.78, 5) is 18.6. The van der Waals surface area contributed by atoms with E-state index in [2.05, 4.69) is 30.6 Å². The van der Waals surface area contributed by atoms with E-state index in [1.165, 1.54) is 0 Å². The molecular formula is C13H25N3O. The zero-order valence-electron chi connectivity index (χ0n) is 11.6. The lowest BCUT2D eigenvalue weighted by molar-refractivity contribution is -0.128. The van der Waals surface area contributed by atoms with Crippen LogP contribution >= 0.6 is 0 Å². The second-order valence-corrected chi connectivity index (χ2v) is 5.76. The second kappa shape index (κ2) is 4.58. The van der Waals surface area contributed by atoms with Crippen LogP contribution in [0.4, 0.5) is 0 Å². The Kier molecular flexibility index (Phi) is 3.46. The molecule has 2 aliphatic heterocycles. The van der Waals surface area contributed by atoms with E-state index in [1.807, 2.05) is 4.90 Å². The Balaban J connectivity index is 2.14. The Hall–Kier alpha value is -0.610. The Morgan fingerprint density at radius 1 is 1.29 bits per heavy atom. The molecule has 1 amide bonds. The van der Waals surface area contributed by atoms with Crippen molar-refractivity contribution in [2.24, 2.45) is 0 Å². The van der Waals surface area contributed by atoms with Crippen molar-refractivity contribution in [1.82, 2.24) is 14.7 Å². The number of carbonyl (C=O) groups excluding carboxylic acids is 1. The first kappa shape index (κ1) is 12.8. The largest absolute Gasteiger partial charge is 0.328 e. The Morgan fingerprint density at radius 3 is 2.53 bits per heavy atom. The number of fused-ring (bicyclic) bond motifs is 1. The smallest absolute Gasteiger partial charge is 0.220 e. The zero-order valence-corrected chi connectivity index (χ0v) is 11.6. The van der Waals surface area contributed by atoms with Crippen LogP contribution in [0.15, 0.2) is 0 Å². The lowest BCUT2D eigenvalue weighted by Crippen LogP contribution is -2.61. The van der Waals surface area contributed by atoms with Crippen LogP contribution in [0.2, 0.25) is 0 Å². The number of amides is 1. The molecule has 2 fully saturated rings. The van der Waals surface area contributed by atoms with Crippen molar-refractivity contribution < 1.29 is 4.79 Å². The van der Waals surface area contributed by atoms with Crippen LogP contribution in [0.25, 0.3) is 0 Å². The molecule has 0 spiro atoms. The van der Waals surface area contributed by atoms with Gasteiger partial charge in [-0.25, -0.2) is 0 Å². The van der Waals surface area contributed by atoms with E-state index < -0.39 is 0 Å². The van der Waals surface area contributed by atoms with Crippen LogP contribution in [-0.2, 0) is 4.79 Å². The predicted octanol–water partition coefficient (Wildman–Crippen LogP) is 0.981. The minimum Gasteiger partial charge on any atom is -0.328 e. The normalized spacial score (nSPS) is 31.0. The van der Waals surface area contributed by atoms with Gasteiger partial charge in [0.1, 0.15) is 0 Å². The van der Waals surface area contributed by atoms with Gasteiger partial charge in [-0.2, -0.15) is 0 Å². The highest BCUT2D eigenvalue weighted by Crippen LogP contribution is 2.32. The summed E-state index contributed by atoms with van der Waals surface area (Å²) in [6.07, 6.45) is 1.12. The molecule has 1 unspecified atom stereocenters. The monoisotopic (exact) mass is 239 g/mol. The quantitative estimate of drug-likeness (QED) is 0.719. The molecule has 2 heterocycles. The molecule has 98 valence electrons. The van der Waals surface area contributed by atoms with Gasteiger partial charge in [-0.05, 0) is 20.3 Å². The average Bonchev–Trinajstić information content (AvgIpc) is 2.67. The Bertz CT molecular complexity index is 305. The number of carbonyl (C=O) groups is 1. The van der Waals surface area contributed by atoms with E-state index in [9.17, 15) is 4.79 Å². The van der Waals surface area contributed by atoms with E-state index >= 15 is 0 Å². The summed E-state index contributed by atoms with van der Waals surface area (Å²) in [5, 5.41) is 0. The first-order chi connectivity index (χ1) is 7.98. The van der Waals surface area contributed by atoms with Crippen LogP contribution in [0.3, 0.4) is 0 Å². The molecule has 4 nitrogen and oxygen atoms in total. The van der Waals surface area contributed by atoms with Crippen molar-refractivity contribution in [2.45, 2.75) is 45.7 Å². The Morgan fingerprint density at radius 2 is 2.00 bits per heavy atom. The molecule has 0 saturated carbocycles. The van der Waals surface area contributed by atoms with Crippen molar-refractivity contribution in [2.75, 3.05) is 32.8 Å². The van der Waals surface area contributed by atoms with Gasteiger partial charge in [-0.1, -0.05) is 6.92 Å². The summed E-state index contributed by atoms with van der Waals surface area (Å²) in [7, 11) is 0. The number of hydrogen-bond donors (Lipinski definition) is 0. The van der Waals surface area contributed by atoms with Crippen LogP contribution in [-0.4, -0.2) is 65.0 Å². The van der Waals surface area contributed by atoms with Crippen molar-refractivity contribution in [3.8, 4) is 0 Å². The molecule has 2 rings (SSSR count). The molecule has 0 aromatic carbocycles.